The first kappa shape index (κ1) is 23.2. The Kier molecular flexibility index (Phi) is 7.38. The number of nitro benzene ring substituents is 1. The number of carbonyl (C=O) groups is 1. The molecule has 0 bridgehead atoms. The van der Waals surface area contributed by atoms with Gasteiger partial charge in [-0.25, -0.2) is 5.43 Å². The standard InChI is InChI=1S/C20H19F3N4O5/c21-20(22,23)15-3-6-18(17(11-15)27(29)30)32-16-4-1-14(2-5-16)12-24-25-19(28)13-26-7-9-31-10-8-26/h1-6,11-12H,7-10,13H2,(H,25,28)/b24-12+. The number of ether oxygens (including phenoxy) is 2. The van der Waals surface area contributed by atoms with Crippen LogP contribution in [0.5, 0.6) is 11.5 Å². The fourth-order valence-corrected chi connectivity index (χ4v) is 2.85. The summed E-state index contributed by atoms with van der Waals surface area (Å²) in [6, 6.07) is 8.13. The van der Waals surface area contributed by atoms with Gasteiger partial charge in [0.1, 0.15) is 5.75 Å². The van der Waals surface area contributed by atoms with Crippen molar-refractivity contribution in [1.82, 2.24) is 10.3 Å². The van der Waals surface area contributed by atoms with Gasteiger partial charge in [0, 0.05) is 19.2 Å². The fraction of sp³-hybridized carbons (Fsp3) is 0.300. The largest absolute Gasteiger partial charge is 0.450 e. The highest BCUT2D eigenvalue weighted by Gasteiger charge is 2.33. The number of morpholine rings is 1. The minimum absolute atomic E-state index is 0.182. The van der Waals surface area contributed by atoms with Gasteiger partial charge in [-0.1, -0.05) is 0 Å². The van der Waals surface area contributed by atoms with E-state index in [0.29, 0.717) is 44.0 Å². The topological polar surface area (TPSA) is 106 Å². The molecule has 9 nitrogen and oxygen atoms in total. The minimum Gasteiger partial charge on any atom is -0.450 e. The quantitative estimate of drug-likeness (QED) is 0.393. The lowest BCUT2D eigenvalue weighted by molar-refractivity contribution is -0.385. The lowest BCUT2D eigenvalue weighted by Gasteiger charge is -2.25. The van der Waals surface area contributed by atoms with Crippen LogP contribution in [0, 0.1) is 10.1 Å². The van der Waals surface area contributed by atoms with Crippen LogP contribution < -0.4 is 10.2 Å². The van der Waals surface area contributed by atoms with E-state index in [4.69, 9.17) is 9.47 Å². The fourth-order valence-electron chi connectivity index (χ4n) is 2.85. The predicted molar refractivity (Wildman–Crippen MR) is 108 cm³/mol. The number of nitrogens with zero attached hydrogens (tertiary/aromatic N) is 3. The van der Waals surface area contributed by atoms with Crippen LogP contribution in [0.15, 0.2) is 47.6 Å². The highest BCUT2D eigenvalue weighted by Crippen LogP contribution is 2.37. The number of amides is 1. The second-order valence-corrected chi connectivity index (χ2v) is 6.79. The maximum Gasteiger partial charge on any atom is 0.416 e. The summed E-state index contributed by atoms with van der Waals surface area (Å²) in [6.07, 6.45) is -3.30. The number of rotatable bonds is 7. The van der Waals surface area contributed by atoms with Crippen molar-refractivity contribution < 1.29 is 32.4 Å². The number of alkyl halides is 3. The minimum atomic E-state index is -4.71. The van der Waals surface area contributed by atoms with E-state index in [9.17, 15) is 28.1 Å². The monoisotopic (exact) mass is 452 g/mol. The van der Waals surface area contributed by atoms with Crippen molar-refractivity contribution >= 4 is 17.8 Å². The summed E-state index contributed by atoms with van der Waals surface area (Å²) in [5.74, 6) is -0.404. The summed E-state index contributed by atoms with van der Waals surface area (Å²) < 4.78 is 49.0. The molecule has 1 N–H and O–H groups in total. The van der Waals surface area contributed by atoms with Gasteiger partial charge >= 0.3 is 11.9 Å². The Balaban J connectivity index is 1.59. The third kappa shape index (κ3) is 6.49. The molecule has 1 amide bonds. The molecule has 32 heavy (non-hydrogen) atoms. The number of benzene rings is 2. The summed E-state index contributed by atoms with van der Waals surface area (Å²) in [6.45, 7) is 2.73. The first-order valence-electron chi connectivity index (χ1n) is 9.48. The SMILES string of the molecule is O=C(CN1CCOCC1)N/N=C/c1ccc(Oc2ccc(C(F)(F)F)cc2[N+](=O)[O-])cc1. The van der Waals surface area contributed by atoms with Crippen molar-refractivity contribution in [3.8, 4) is 11.5 Å². The molecule has 3 rings (SSSR count). The Labute approximate surface area is 180 Å². The lowest BCUT2D eigenvalue weighted by atomic mass is 10.2. The molecule has 0 aromatic heterocycles. The molecule has 1 aliphatic heterocycles. The van der Waals surface area contributed by atoms with Crippen molar-refractivity contribution in [2.24, 2.45) is 5.10 Å². The van der Waals surface area contributed by atoms with Gasteiger partial charge in [-0.05, 0) is 42.0 Å². The summed E-state index contributed by atoms with van der Waals surface area (Å²) in [4.78, 5) is 24.0. The van der Waals surface area contributed by atoms with Crippen LogP contribution in [0.3, 0.4) is 0 Å². The average Bonchev–Trinajstić information content (AvgIpc) is 2.75. The number of nitro groups is 1. The van der Waals surface area contributed by atoms with Crippen molar-refractivity contribution in [2.75, 3.05) is 32.8 Å². The molecule has 2 aromatic rings. The molecule has 1 heterocycles. The van der Waals surface area contributed by atoms with Gasteiger partial charge in [-0.15, -0.1) is 0 Å². The van der Waals surface area contributed by atoms with Crippen LogP contribution in [0.2, 0.25) is 0 Å². The molecule has 0 saturated carbocycles. The third-order valence-electron chi connectivity index (χ3n) is 4.46. The van der Waals surface area contributed by atoms with Crippen LogP contribution in [0.4, 0.5) is 18.9 Å². The van der Waals surface area contributed by atoms with Gasteiger partial charge < -0.3 is 9.47 Å². The maximum absolute atomic E-state index is 12.8. The van der Waals surface area contributed by atoms with E-state index in [1.165, 1.54) is 18.3 Å². The number of carbonyl (C=O) groups excluding carboxylic acids is 1. The van der Waals surface area contributed by atoms with E-state index < -0.39 is 22.4 Å². The zero-order chi connectivity index (χ0) is 23.1. The van der Waals surface area contributed by atoms with E-state index in [1.807, 2.05) is 4.90 Å². The first-order chi connectivity index (χ1) is 15.2. The number of hydrogen-bond acceptors (Lipinski definition) is 7. The molecule has 0 atom stereocenters. The molecule has 1 fully saturated rings. The molecule has 0 aliphatic carbocycles. The van der Waals surface area contributed by atoms with Gasteiger partial charge in [0.05, 0.1) is 36.5 Å². The predicted octanol–water partition coefficient (Wildman–Crippen LogP) is 3.19. The Hall–Kier alpha value is -3.51. The highest BCUT2D eigenvalue weighted by molar-refractivity contribution is 5.83. The molecular formula is C20H19F3N4O5. The van der Waals surface area contributed by atoms with Crippen molar-refractivity contribution in [2.45, 2.75) is 6.18 Å². The van der Waals surface area contributed by atoms with E-state index >= 15 is 0 Å². The lowest BCUT2D eigenvalue weighted by Crippen LogP contribution is -2.42. The molecule has 1 saturated heterocycles. The highest BCUT2D eigenvalue weighted by atomic mass is 19.4. The van der Waals surface area contributed by atoms with E-state index in [-0.39, 0.29) is 24.0 Å². The van der Waals surface area contributed by atoms with Gasteiger partial charge in [0.25, 0.3) is 5.91 Å². The summed E-state index contributed by atoms with van der Waals surface area (Å²) in [7, 11) is 0. The molecule has 12 heteroatoms. The van der Waals surface area contributed by atoms with Crippen molar-refractivity contribution in [3.05, 3.63) is 63.7 Å². The van der Waals surface area contributed by atoms with Crippen LogP contribution in [-0.4, -0.2) is 54.8 Å². The number of hydrogen-bond donors (Lipinski definition) is 1. The van der Waals surface area contributed by atoms with Crippen LogP contribution in [-0.2, 0) is 15.7 Å². The first-order valence-corrected chi connectivity index (χ1v) is 9.48. The molecule has 0 unspecified atom stereocenters. The van der Waals surface area contributed by atoms with Crippen molar-refractivity contribution in [3.63, 3.8) is 0 Å². The summed E-state index contributed by atoms with van der Waals surface area (Å²) >= 11 is 0. The van der Waals surface area contributed by atoms with E-state index in [2.05, 4.69) is 10.5 Å². The zero-order valence-corrected chi connectivity index (χ0v) is 16.7. The van der Waals surface area contributed by atoms with Gasteiger partial charge in [-0.2, -0.15) is 18.3 Å². The van der Waals surface area contributed by atoms with Gasteiger partial charge in [-0.3, -0.25) is 19.8 Å². The van der Waals surface area contributed by atoms with E-state index in [0.717, 1.165) is 6.07 Å². The Morgan fingerprint density at radius 1 is 1.22 bits per heavy atom. The summed E-state index contributed by atoms with van der Waals surface area (Å²) in [5, 5.41) is 15.0. The average molecular weight is 452 g/mol. The molecule has 2 aromatic carbocycles. The second-order valence-electron chi connectivity index (χ2n) is 6.79. The van der Waals surface area contributed by atoms with E-state index in [1.54, 1.807) is 12.1 Å². The molecule has 1 aliphatic rings. The molecule has 170 valence electrons. The third-order valence-corrected chi connectivity index (χ3v) is 4.46. The zero-order valence-electron chi connectivity index (χ0n) is 16.7. The normalized spacial score (nSPS) is 15.0. The smallest absolute Gasteiger partial charge is 0.416 e. The number of hydrazone groups is 1. The molecule has 0 spiro atoms. The molecular weight excluding hydrogens is 433 g/mol. The summed E-state index contributed by atoms with van der Waals surface area (Å²) in [5.41, 5.74) is 1.09. The Morgan fingerprint density at radius 2 is 1.91 bits per heavy atom. The number of halogens is 3. The van der Waals surface area contributed by atoms with Crippen LogP contribution in [0.1, 0.15) is 11.1 Å². The second kappa shape index (κ2) is 10.2. The van der Waals surface area contributed by atoms with Gasteiger partial charge in [0.2, 0.25) is 5.75 Å². The van der Waals surface area contributed by atoms with Crippen LogP contribution in [0.25, 0.3) is 0 Å². The van der Waals surface area contributed by atoms with Crippen molar-refractivity contribution in [1.29, 1.82) is 0 Å². The van der Waals surface area contributed by atoms with Crippen LogP contribution >= 0.6 is 0 Å². The Bertz CT molecular complexity index is 990. The molecule has 0 radical (unpaired) electrons. The Morgan fingerprint density at radius 3 is 2.53 bits per heavy atom. The van der Waals surface area contributed by atoms with Gasteiger partial charge in [0.15, 0.2) is 0 Å². The maximum atomic E-state index is 12.8. The number of nitrogens with one attached hydrogen (secondary N) is 1.